The molecule has 3 rings (SSSR count). The van der Waals surface area contributed by atoms with E-state index < -0.39 is 6.10 Å². The average molecular weight is 278 g/mol. The molecule has 1 N–H and O–H groups in total. The molecule has 20 heavy (non-hydrogen) atoms. The van der Waals surface area contributed by atoms with E-state index in [1.165, 1.54) is 32.1 Å². The third kappa shape index (κ3) is 2.63. The molecule has 1 aromatic heterocycles. The SMILES string of the molecule is Cc1cc(C(O)C2CCOC3(CCCCC3)C2)n(C)n1. The molecule has 4 nitrogen and oxygen atoms in total. The molecular weight excluding hydrogens is 252 g/mol. The lowest BCUT2D eigenvalue weighted by Crippen LogP contribution is -2.43. The average Bonchev–Trinajstić information content (AvgIpc) is 2.78. The number of nitrogens with zero attached hydrogens (tertiary/aromatic N) is 2. The number of rotatable bonds is 2. The Hall–Kier alpha value is -0.870. The first-order valence-corrected chi connectivity index (χ1v) is 7.92. The maximum atomic E-state index is 10.7. The second kappa shape index (κ2) is 5.49. The van der Waals surface area contributed by atoms with Gasteiger partial charge in [0.05, 0.1) is 23.1 Å². The summed E-state index contributed by atoms with van der Waals surface area (Å²) in [7, 11) is 1.92. The number of hydrogen-bond acceptors (Lipinski definition) is 3. The van der Waals surface area contributed by atoms with Crippen molar-refractivity contribution in [2.75, 3.05) is 6.61 Å². The zero-order chi connectivity index (χ0) is 14.2. The quantitative estimate of drug-likeness (QED) is 0.905. The van der Waals surface area contributed by atoms with Crippen molar-refractivity contribution in [3.05, 3.63) is 17.5 Å². The fraction of sp³-hybridized carbons (Fsp3) is 0.812. The van der Waals surface area contributed by atoms with Gasteiger partial charge in [0.25, 0.3) is 0 Å². The molecule has 0 bridgehead atoms. The van der Waals surface area contributed by atoms with E-state index in [1.807, 2.05) is 24.7 Å². The van der Waals surface area contributed by atoms with Gasteiger partial charge in [-0.05, 0) is 44.6 Å². The summed E-state index contributed by atoms with van der Waals surface area (Å²) in [5.41, 5.74) is 1.97. The van der Waals surface area contributed by atoms with Crippen molar-refractivity contribution in [3.8, 4) is 0 Å². The Kier molecular flexibility index (Phi) is 3.87. The van der Waals surface area contributed by atoms with Gasteiger partial charge in [-0.15, -0.1) is 0 Å². The zero-order valence-corrected chi connectivity index (χ0v) is 12.6. The molecule has 4 heteroatoms. The minimum absolute atomic E-state index is 0.0514. The van der Waals surface area contributed by atoms with E-state index in [0.717, 1.165) is 30.8 Å². The van der Waals surface area contributed by atoms with Gasteiger partial charge in [-0.1, -0.05) is 19.3 Å². The van der Waals surface area contributed by atoms with Crippen molar-refractivity contribution in [1.82, 2.24) is 9.78 Å². The van der Waals surface area contributed by atoms with Crippen LogP contribution >= 0.6 is 0 Å². The van der Waals surface area contributed by atoms with Crippen LogP contribution in [0.15, 0.2) is 6.07 Å². The highest BCUT2D eigenvalue weighted by Gasteiger charge is 2.41. The molecular formula is C16H26N2O2. The van der Waals surface area contributed by atoms with Gasteiger partial charge < -0.3 is 9.84 Å². The predicted octanol–water partition coefficient (Wildman–Crippen LogP) is 2.89. The van der Waals surface area contributed by atoms with Crippen LogP contribution in [0.4, 0.5) is 0 Å². The van der Waals surface area contributed by atoms with Crippen LogP contribution in [0, 0.1) is 12.8 Å². The molecule has 0 amide bonds. The number of hydrogen-bond donors (Lipinski definition) is 1. The van der Waals surface area contributed by atoms with Crippen LogP contribution in [0.2, 0.25) is 0 Å². The Morgan fingerprint density at radius 3 is 2.80 bits per heavy atom. The smallest absolute Gasteiger partial charge is 0.0986 e. The third-order valence-electron chi connectivity index (χ3n) is 5.08. The molecule has 112 valence electrons. The molecule has 1 aromatic rings. The topological polar surface area (TPSA) is 47.3 Å². The molecule has 2 heterocycles. The van der Waals surface area contributed by atoms with Crippen molar-refractivity contribution < 1.29 is 9.84 Å². The van der Waals surface area contributed by atoms with Crippen LogP contribution < -0.4 is 0 Å². The first-order valence-electron chi connectivity index (χ1n) is 7.92. The third-order valence-corrected chi connectivity index (χ3v) is 5.08. The fourth-order valence-corrected chi connectivity index (χ4v) is 4.03. The monoisotopic (exact) mass is 278 g/mol. The maximum absolute atomic E-state index is 10.7. The molecule has 1 saturated carbocycles. The van der Waals surface area contributed by atoms with Crippen LogP contribution in [0.5, 0.6) is 0 Å². The Labute approximate surface area is 121 Å². The number of aliphatic hydroxyl groups excluding tert-OH is 1. The second-order valence-corrected chi connectivity index (χ2v) is 6.62. The van der Waals surface area contributed by atoms with E-state index in [2.05, 4.69) is 5.10 Å². The van der Waals surface area contributed by atoms with E-state index in [0.29, 0.717) is 5.92 Å². The van der Waals surface area contributed by atoms with Gasteiger partial charge >= 0.3 is 0 Å². The highest BCUT2D eigenvalue weighted by atomic mass is 16.5. The lowest BCUT2D eigenvalue weighted by atomic mass is 9.74. The second-order valence-electron chi connectivity index (χ2n) is 6.62. The summed E-state index contributed by atoms with van der Waals surface area (Å²) in [5.74, 6) is 0.302. The first kappa shape index (κ1) is 14.1. The lowest BCUT2D eigenvalue weighted by molar-refractivity contribution is -0.134. The predicted molar refractivity (Wildman–Crippen MR) is 77.4 cm³/mol. The van der Waals surface area contributed by atoms with Crippen LogP contribution in [0.1, 0.15) is 62.4 Å². The van der Waals surface area contributed by atoms with Crippen molar-refractivity contribution in [2.24, 2.45) is 13.0 Å². The van der Waals surface area contributed by atoms with Crippen molar-refractivity contribution >= 4 is 0 Å². The van der Waals surface area contributed by atoms with E-state index in [-0.39, 0.29) is 5.60 Å². The first-order chi connectivity index (χ1) is 9.60. The molecule has 0 aromatic carbocycles. The standard InChI is InChI=1S/C16H26N2O2/c1-12-10-14(18(2)17-12)15(19)13-6-9-20-16(11-13)7-4-3-5-8-16/h10,13,15,19H,3-9,11H2,1-2H3. The van der Waals surface area contributed by atoms with Gasteiger partial charge in [-0.2, -0.15) is 5.10 Å². The number of ether oxygens (including phenoxy) is 1. The van der Waals surface area contributed by atoms with E-state index in [1.54, 1.807) is 0 Å². The van der Waals surface area contributed by atoms with Crippen molar-refractivity contribution in [3.63, 3.8) is 0 Å². The van der Waals surface area contributed by atoms with Gasteiger partial charge in [-0.3, -0.25) is 4.68 Å². The highest BCUT2D eigenvalue weighted by Crippen LogP contribution is 2.44. The van der Waals surface area contributed by atoms with E-state index >= 15 is 0 Å². The van der Waals surface area contributed by atoms with Crippen LogP contribution in [-0.4, -0.2) is 27.1 Å². The number of aryl methyl sites for hydroxylation is 2. The molecule has 1 aliphatic heterocycles. The summed E-state index contributed by atoms with van der Waals surface area (Å²) >= 11 is 0. The van der Waals surface area contributed by atoms with Crippen molar-refractivity contribution in [2.45, 2.75) is 63.6 Å². The molecule has 1 aliphatic carbocycles. The lowest BCUT2D eigenvalue weighted by Gasteiger charge is -2.44. The molecule has 1 spiro atoms. The Morgan fingerprint density at radius 2 is 2.15 bits per heavy atom. The maximum Gasteiger partial charge on any atom is 0.0986 e. The molecule has 2 unspecified atom stereocenters. The highest BCUT2D eigenvalue weighted by molar-refractivity contribution is 5.13. The van der Waals surface area contributed by atoms with Crippen LogP contribution in [0.25, 0.3) is 0 Å². The largest absolute Gasteiger partial charge is 0.387 e. The number of aliphatic hydroxyl groups is 1. The Morgan fingerprint density at radius 1 is 1.40 bits per heavy atom. The molecule has 2 aliphatic rings. The van der Waals surface area contributed by atoms with Gasteiger partial charge in [0.15, 0.2) is 0 Å². The normalized spacial score (nSPS) is 27.6. The molecule has 2 atom stereocenters. The summed E-state index contributed by atoms with van der Waals surface area (Å²) in [5, 5.41) is 15.1. The van der Waals surface area contributed by atoms with Crippen LogP contribution in [-0.2, 0) is 11.8 Å². The summed E-state index contributed by atoms with van der Waals surface area (Å²) in [6.07, 6.45) is 7.75. The fourth-order valence-electron chi connectivity index (χ4n) is 4.03. The molecule has 0 radical (unpaired) electrons. The molecule has 2 fully saturated rings. The Balaban J connectivity index is 1.74. The zero-order valence-electron chi connectivity index (χ0n) is 12.6. The summed E-state index contributed by atoms with van der Waals surface area (Å²) < 4.78 is 7.95. The summed E-state index contributed by atoms with van der Waals surface area (Å²) in [4.78, 5) is 0. The van der Waals surface area contributed by atoms with Gasteiger partial charge in [-0.25, -0.2) is 0 Å². The van der Waals surface area contributed by atoms with Gasteiger partial charge in [0.2, 0.25) is 0 Å². The van der Waals surface area contributed by atoms with Crippen LogP contribution in [0.3, 0.4) is 0 Å². The van der Waals surface area contributed by atoms with Gasteiger partial charge in [0.1, 0.15) is 0 Å². The van der Waals surface area contributed by atoms with E-state index in [9.17, 15) is 5.11 Å². The number of aromatic nitrogens is 2. The Bertz CT molecular complexity index is 458. The van der Waals surface area contributed by atoms with Gasteiger partial charge in [0, 0.05) is 13.7 Å². The summed E-state index contributed by atoms with van der Waals surface area (Å²) in [6, 6.07) is 2.01. The minimum Gasteiger partial charge on any atom is -0.387 e. The van der Waals surface area contributed by atoms with Crippen molar-refractivity contribution in [1.29, 1.82) is 0 Å². The van der Waals surface area contributed by atoms with E-state index in [4.69, 9.17) is 4.74 Å². The minimum atomic E-state index is -0.413. The molecule has 1 saturated heterocycles. The summed E-state index contributed by atoms with van der Waals surface area (Å²) in [6.45, 7) is 2.77.